The second kappa shape index (κ2) is 12.2. The predicted octanol–water partition coefficient (Wildman–Crippen LogP) is 3.99. The smallest absolute Gasteiger partial charge is 0.419 e. The zero-order valence-electron chi connectivity index (χ0n) is 23.1. The molecule has 0 saturated carbocycles. The van der Waals surface area contributed by atoms with E-state index >= 15 is 0 Å². The molecular weight excluding hydrogens is 523 g/mol. The minimum Gasteiger partial charge on any atom is -0.493 e. The third kappa shape index (κ3) is 6.18. The quantitative estimate of drug-likeness (QED) is 0.115. The zero-order chi connectivity index (χ0) is 28.9. The van der Waals surface area contributed by atoms with Crippen LogP contribution in [0.3, 0.4) is 0 Å². The van der Waals surface area contributed by atoms with Crippen molar-refractivity contribution in [2.24, 2.45) is 4.90 Å². The summed E-state index contributed by atoms with van der Waals surface area (Å²) in [4.78, 5) is 43.1. The van der Waals surface area contributed by atoms with Crippen LogP contribution in [0.4, 0.5) is 17.2 Å². The van der Waals surface area contributed by atoms with Crippen molar-refractivity contribution in [2.45, 2.75) is 26.7 Å². The third-order valence-corrected chi connectivity index (χ3v) is 6.35. The highest BCUT2D eigenvalue weighted by Crippen LogP contribution is 2.37. The summed E-state index contributed by atoms with van der Waals surface area (Å²) in [6.45, 7) is 3.00. The molecule has 208 valence electrons. The predicted molar refractivity (Wildman–Crippen MR) is 159 cm³/mol. The van der Waals surface area contributed by atoms with Gasteiger partial charge in [-0.2, -0.15) is 0 Å². The van der Waals surface area contributed by atoms with Crippen LogP contribution < -0.4 is 31.0 Å². The Balaban J connectivity index is 1.59. The molecule has 3 aromatic carbocycles. The first-order valence-electron chi connectivity index (χ1n) is 13.1. The Bertz CT molecular complexity index is 1660. The average molecular weight is 552 g/mol. The maximum atomic E-state index is 12.2. The number of hydrogen-bond acceptors (Lipinski definition) is 10. The van der Waals surface area contributed by atoms with Crippen molar-refractivity contribution in [3.8, 4) is 22.9 Å². The maximum Gasteiger partial charge on any atom is 0.419 e. The van der Waals surface area contributed by atoms with Gasteiger partial charge in [0.15, 0.2) is 17.3 Å². The molecule has 5 rings (SSSR count). The lowest BCUT2D eigenvalue weighted by Crippen LogP contribution is -2.41. The molecule has 0 radical (unpaired) electrons. The van der Waals surface area contributed by atoms with Gasteiger partial charge in [0, 0.05) is 47.9 Å². The van der Waals surface area contributed by atoms with E-state index in [1.54, 1.807) is 25.5 Å². The molecular formula is C29H29BN6O5. The number of aromatic nitrogens is 2. The molecule has 0 bridgehead atoms. The van der Waals surface area contributed by atoms with Crippen LogP contribution in [0.2, 0.25) is 0 Å². The molecule has 0 unspecified atom stereocenters. The number of nitrogens with one attached hydrogen (secondary N) is 3. The Hall–Kier alpha value is -4.81. The van der Waals surface area contributed by atoms with Gasteiger partial charge in [0.05, 0.1) is 19.7 Å². The summed E-state index contributed by atoms with van der Waals surface area (Å²) in [6, 6.07) is 16.6. The number of carbonyl (C=O) groups is 2. The Labute approximate surface area is 237 Å². The molecule has 3 N–H and O–H groups in total. The molecule has 11 nitrogen and oxygen atoms in total. The number of amides is 1. The number of ether oxygens (including phenoxy) is 2. The highest BCUT2D eigenvalue weighted by molar-refractivity contribution is 6.73. The van der Waals surface area contributed by atoms with Crippen LogP contribution in [0.5, 0.6) is 11.5 Å². The van der Waals surface area contributed by atoms with Gasteiger partial charge in [-0.05, 0) is 47.8 Å². The zero-order valence-corrected chi connectivity index (χ0v) is 23.1. The molecule has 0 spiro atoms. The number of rotatable bonds is 10. The van der Waals surface area contributed by atoms with E-state index < -0.39 is 5.97 Å². The number of esters is 1. The van der Waals surface area contributed by atoms with Crippen LogP contribution in [0.25, 0.3) is 22.3 Å². The fraction of sp³-hybridized carbons (Fsp3) is 0.207. The summed E-state index contributed by atoms with van der Waals surface area (Å²) in [5.74, 6) is 0.992. The van der Waals surface area contributed by atoms with Crippen molar-refractivity contribution in [3.05, 3.63) is 60.2 Å². The first-order chi connectivity index (χ1) is 19.9. The standard InChI is InChI=1S/C29H29BN6O5/c1-5-7-27(38)32-20-9-6-8-18(12-20)28-34-24-15-25(39-3)26(41-17(2)37)14-22(24)29(35-28)33-21-10-11-23-19(13-21)16-31-30(23)36-40-4/h6,8-16,36H,5,7H2,1-4H3,(H,32,38)(H,33,34,35). The van der Waals surface area contributed by atoms with Crippen molar-refractivity contribution in [3.63, 3.8) is 0 Å². The topological polar surface area (TPSA) is 136 Å². The first-order valence-corrected chi connectivity index (χ1v) is 13.1. The summed E-state index contributed by atoms with van der Waals surface area (Å²) in [7, 11) is 3.05. The molecule has 1 aliphatic rings. The summed E-state index contributed by atoms with van der Waals surface area (Å²) in [5.41, 5.74) is 4.61. The van der Waals surface area contributed by atoms with E-state index in [4.69, 9.17) is 24.3 Å². The summed E-state index contributed by atoms with van der Waals surface area (Å²) in [6.07, 6.45) is 2.97. The van der Waals surface area contributed by atoms with Gasteiger partial charge in [-0.1, -0.05) is 25.1 Å². The molecule has 0 aliphatic carbocycles. The Morgan fingerprint density at radius 2 is 1.83 bits per heavy atom. The lowest BCUT2D eigenvalue weighted by molar-refractivity contribution is -0.132. The van der Waals surface area contributed by atoms with Crippen LogP contribution in [0, 0.1) is 0 Å². The second-order valence-electron chi connectivity index (χ2n) is 9.36. The molecule has 41 heavy (non-hydrogen) atoms. The van der Waals surface area contributed by atoms with Crippen LogP contribution in [-0.4, -0.2) is 49.3 Å². The average Bonchev–Trinajstić information content (AvgIpc) is 3.35. The normalized spacial score (nSPS) is 11.9. The molecule has 1 amide bonds. The highest BCUT2D eigenvalue weighted by Gasteiger charge is 2.24. The number of hydrogen-bond donors (Lipinski definition) is 3. The van der Waals surface area contributed by atoms with Gasteiger partial charge < -0.3 is 29.8 Å². The van der Waals surface area contributed by atoms with Crippen molar-refractivity contribution in [1.29, 1.82) is 0 Å². The molecule has 0 saturated heterocycles. The van der Waals surface area contributed by atoms with Crippen molar-refractivity contribution in [1.82, 2.24) is 15.4 Å². The molecule has 1 aliphatic heterocycles. The largest absolute Gasteiger partial charge is 0.493 e. The van der Waals surface area contributed by atoms with Gasteiger partial charge in [-0.3, -0.25) is 9.59 Å². The third-order valence-electron chi connectivity index (χ3n) is 6.35. The van der Waals surface area contributed by atoms with Crippen molar-refractivity contribution < 1.29 is 23.9 Å². The monoisotopic (exact) mass is 552 g/mol. The van der Waals surface area contributed by atoms with Crippen molar-refractivity contribution >= 4 is 58.6 Å². The maximum absolute atomic E-state index is 12.2. The van der Waals surface area contributed by atoms with E-state index in [9.17, 15) is 9.59 Å². The number of anilines is 3. The number of benzene rings is 3. The van der Waals surface area contributed by atoms with E-state index in [-0.39, 0.29) is 18.6 Å². The molecule has 2 heterocycles. The summed E-state index contributed by atoms with van der Waals surface area (Å²) in [5, 5.41) is 9.79. The fourth-order valence-electron chi connectivity index (χ4n) is 4.53. The highest BCUT2D eigenvalue weighted by atomic mass is 16.6. The Morgan fingerprint density at radius 3 is 2.59 bits per heavy atom. The van der Waals surface area contributed by atoms with Gasteiger partial charge in [0.1, 0.15) is 5.82 Å². The molecule has 0 fully saturated rings. The lowest BCUT2D eigenvalue weighted by atomic mass is 9.71. The SMILES string of the molecule is CCCC(=O)Nc1cccc(-c2nc(Nc3ccc4c(c3)C=NB4NOC)c3cc(OC(C)=O)c(OC)cc3n2)c1. The minimum absolute atomic E-state index is 0.0581. The van der Waals surface area contributed by atoms with Gasteiger partial charge in [0.2, 0.25) is 5.91 Å². The molecule has 12 heteroatoms. The second-order valence-corrected chi connectivity index (χ2v) is 9.36. The van der Waals surface area contributed by atoms with Gasteiger partial charge in [-0.25, -0.2) is 15.4 Å². The van der Waals surface area contributed by atoms with Gasteiger partial charge in [-0.15, -0.1) is 0 Å². The van der Waals surface area contributed by atoms with Crippen LogP contribution in [0.1, 0.15) is 32.3 Å². The minimum atomic E-state index is -0.478. The fourth-order valence-corrected chi connectivity index (χ4v) is 4.53. The Kier molecular flexibility index (Phi) is 8.22. The molecule has 4 aromatic rings. The van der Waals surface area contributed by atoms with Crippen LogP contribution >= 0.6 is 0 Å². The number of carbonyl (C=O) groups excluding carboxylic acids is 2. The molecule has 1 aromatic heterocycles. The van der Waals surface area contributed by atoms with E-state index in [2.05, 4.69) is 20.9 Å². The van der Waals surface area contributed by atoms with Gasteiger partial charge in [0.25, 0.3) is 0 Å². The van der Waals surface area contributed by atoms with E-state index in [1.165, 1.54) is 14.0 Å². The first kappa shape index (κ1) is 27.8. The lowest BCUT2D eigenvalue weighted by Gasteiger charge is -2.15. The van der Waals surface area contributed by atoms with Crippen LogP contribution in [-0.2, 0) is 14.4 Å². The van der Waals surface area contributed by atoms with E-state index in [0.717, 1.165) is 23.1 Å². The Morgan fingerprint density at radius 1 is 0.976 bits per heavy atom. The van der Waals surface area contributed by atoms with Crippen LogP contribution in [0.15, 0.2) is 59.5 Å². The van der Waals surface area contributed by atoms with E-state index in [0.29, 0.717) is 46.0 Å². The number of methoxy groups -OCH3 is 1. The van der Waals surface area contributed by atoms with Gasteiger partial charge >= 0.3 is 13.0 Å². The van der Waals surface area contributed by atoms with Crippen molar-refractivity contribution in [2.75, 3.05) is 24.9 Å². The number of fused-ring (bicyclic) bond motifs is 2. The van der Waals surface area contributed by atoms with E-state index in [1.807, 2.05) is 49.4 Å². The summed E-state index contributed by atoms with van der Waals surface area (Å²) >= 11 is 0. The molecule has 0 atom stereocenters. The number of nitrogens with zero attached hydrogens (tertiary/aromatic N) is 3. The summed E-state index contributed by atoms with van der Waals surface area (Å²) < 4.78 is 10.9.